The van der Waals surface area contributed by atoms with Crippen LogP contribution in [0.5, 0.6) is 0 Å². The van der Waals surface area contributed by atoms with Gasteiger partial charge in [0.15, 0.2) is 0 Å². The molecule has 0 aromatic heterocycles. The van der Waals surface area contributed by atoms with E-state index in [-0.39, 0.29) is 11.3 Å². The van der Waals surface area contributed by atoms with E-state index in [1.807, 2.05) is 49.4 Å². The number of hydrogen-bond acceptors (Lipinski definition) is 3. The summed E-state index contributed by atoms with van der Waals surface area (Å²) in [5.41, 5.74) is 3.62. The molecule has 0 aliphatic carbocycles. The number of rotatable bonds is 4. The van der Waals surface area contributed by atoms with Crippen molar-refractivity contribution < 1.29 is 14.4 Å². The predicted molar refractivity (Wildman–Crippen MR) is 136 cm³/mol. The van der Waals surface area contributed by atoms with Gasteiger partial charge in [-0.25, -0.2) is 9.69 Å². The van der Waals surface area contributed by atoms with Crippen molar-refractivity contribution in [1.82, 2.24) is 5.32 Å². The van der Waals surface area contributed by atoms with Gasteiger partial charge in [0.25, 0.3) is 11.8 Å². The Morgan fingerprint density at radius 2 is 1.73 bits per heavy atom. The number of barbiturate groups is 1. The molecule has 4 rings (SSSR count). The Morgan fingerprint density at radius 1 is 0.970 bits per heavy atom. The second-order valence-corrected chi connectivity index (χ2v) is 9.68. The number of benzene rings is 3. The lowest BCUT2D eigenvalue weighted by Gasteiger charge is -2.26. The zero-order chi connectivity index (χ0) is 23.7. The van der Waals surface area contributed by atoms with Crippen molar-refractivity contribution in [1.29, 1.82) is 0 Å². The summed E-state index contributed by atoms with van der Waals surface area (Å²) in [5.74, 6) is -1.46. The van der Waals surface area contributed by atoms with Crippen LogP contribution in [-0.2, 0) is 16.0 Å². The Hall–Kier alpha value is -2.74. The van der Waals surface area contributed by atoms with Crippen LogP contribution in [0.25, 0.3) is 6.08 Å². The largest absolute Gasteiger partial charge is 0.335 e. The van der Waals surface area contributed by atoms with Gasteiger partial charge in [0.1, 0.15) is 5.57 Å². The highest BCUT2D eigenvalue weighted by Gasteiger charge is 2.37. The monoisotopic (exact) mass is 586 g/mol. The molecule has 0 spiro atoms. The van der Waals surface area contributed by atoms with E-state index in [1.165, 1.54) is 12.1 Å². The number of hydrogen-bond donors (Lipinski definition) is 1. The molecule has 4 amide bonds. The summed E-state index contributed by atoms with van der Waals surface area (Å²) >= 11 is 13.2. The van der Waals surface area contributed by atoms with E-state index in [0.29, 0.717) is 17.0 Å². The molecule has 3 aromatic rings. The number of aryl methyl sites for hydroxylation is 1. The molecule has 8 heteroatoms. The predicted octanol–water partition coefficient (Wildman–Crippen LogP) is 6.43. The molecule has 0 saturated carbocycles. The number of imide groups is 2. The third-order valence-corrected chi connectivity index (χ3v) is 6.94. The average Bonchev–Trinajstić information content (AvgIpc) is 2.76. The maximum atomic E-state index is 13.3. The zero-order valence-electron chi connectivity index (χ0n) is 17.4. The lowest BCUT2D eigenvalue weighted by atomic mass is 9.97. The summed E-state index contributed by atoms with van der Waals surface area (Å²) in [6.07, 6.45) is 2.10. The minimum Gasteiger partial charge on any atom is -0.273 e. The maximum Gasteiger partial charge on any atom is 0.335 e. The van der Waals surface area contributed by atoms with Crippen LogP contribution < -0.4 is 10.2 Å². The van der Waals surface area contributed by atoms with Gasteiger partial charge in [-0.3, -0.25) is 14.9 Å². The van der Waals surface area contributed by atoms with Crippen molar-refractivity contribution >= 4 is 73.1 Å². The lowest BCUT2D eigenvalue weighted by molar-refractivity contribution is -0.122. The van der Waals surface area contributed by atoms with Gasteiger partial charge in [-0.15, -0.1) is 0 Å². The van der Waals surface area contributed by atoms with Crippen molar-refractivity contribution in [3.05, 3.63) is 102 Å². The van der Waals surface area contributed by atoms with Gasteiger partial charge in [-0.2, -0.15) is 0 Å². The van der Waals surface area contributed by atoms with Crippen LogP contribution in [0.2, 0.25) is 5.02 Å². The maximum absolute atomic E-state index is 13.3. The molecule has 0 bridgehead atoms. The van der Waals surface area contributed by atoms with Crippen LogP contribution in [-0.4, -0.2) is 17.8 Å². The first-order valence-electron chi connectivity index (χ1n) is 9.94. The SMILES string of the molecule is Cc1ccc(N2C(=O)NC(=O)/C(=C\c3cc(Br)ccc3Cc3ccccc3Br)C2=O)cc1Cl. The highest BCUT2D eigenvalue weighted by Crippen LogP contribution is 2.29. The van der Waals surface area contributed by atoms with Gasteiger partial charge >= 0.3 is 6.03 Å². The molecule has 5 nitrogen and oxygen atoms in total. The average molecular weight is 589 g/mol. The molecule has 1 N–H and O–H groups in total. The van der Waals surface area contributed by atoms with Crippen LogP contribution in [0.3, 0.4) is 0 Å². The number of amides is 4. The number of carbonyl (C=O) groups excluding carboxylic acids is 3. The minimum absolute atomic E-state index is 0.141. The molecule has 1 heterocycles. The second-order valence-electron chi connectivity index (χ2n) is 7.50. The van der Waals surface area contributed by atoms with E-state index in [4.69, 9.17) is 11.6 Å². The molecule has 166 valence electrons. The van der Waals surface area contributed by atoms with E-state index >= 15 is 0 Å². The topological polar surface area (TPSA) is 66.5 Å². The first-order valence-corrected chi connectivity index (χ1v) is 11.9. The van der Waals surface area contributed by atoms with Gasteiger partial charge in [0.05, 0.1) is 5.69 Å². The molecule has 1 fully saturated rings. The van der Waals surface area contributed by atoms with Crippen molar-refractivity contribution in [2.75, 3.05) is 4.90 Å². The standard InChI is InChI=1S/C25H17Br2ClN2O3/c1-14-6-9-19(13-22(14)28)30-24(32)20(23(31)29-25(30)33)12-17-11-18(26)8-7-15(17)10-16-4-2-3-5-21(16)27/h2-9,11-13H,10H2,1H3,(H,29,31,33)/b20-12+. The Labute approximate surface area is 212 Å². The summed E-state index contributed by atoms with van der Waals surface area (Å²) < 4.78 is 1.76. The molecule has 33 heavy (non-hydrogen) atoms. The van der Waals surface area contributed by atoms with E-state index in [9.17, 15) is 14.4 Å². The summed E-state index contributed by atoms with van der Waals surface area (Å²) in [6, 6.07) is 17.6. The van der Waals surface area contributed by atoms with E-state index in [0.717, 1.165) is 30.5 Å². The van der Waals surface area contributed by atoms with E-state index < -0.39 is 17.8 Å². The van der Waals surface area contributed by atoms with E-state index in [2.05, 4.69) is 37.2 Å². The first kappa shape index (κ1) is 23.4. The van der Waals surface area contributed by atoms with Crippen molar-refractivity contribution in [2.24, 2.45) is 0 Å². The molecule has 0 atom stereocenters. The van der Waals surface area contributed by atoms with Crippen molar-refractivity contribution in [3.63, 3.8) is 0 Å². The Bertz CT molecular complexity index is 1340. The van der Waals surface area contributed by atoms with Gasteiger partial charge in [-0.1, -0.05) is 73.8 Å². The highest BCUT2D eigenvalue weighted by atomic mass is 79.9. The molecular formula is C25H17Br2ClN2O3. The number of urea groups is 1. The summed E-state index contributed by atoms with van der Waals surface area (Å²) in [7, 11) is 0. The Morgan fingerprint density at radius 3 is 2.45 bits per heavy atom. The second kappa shape index (κ2) is 9.63. The fourth-order valence-corrected chi connectivity index (χ4v) is 4.45. The number of nitrogens with zero attached hydrogens (tertiary/aromatic N) is 1. The van der Waals surface area contributed by atoms with Crippen LogP contribution in [0.1, 0.15) is 22.3 Å². The highest BCUT2D eigenvalue weighted by molar-refractivity contribution is 9.10. The molecule has 3 aromatic carbocycles. The van der Waals surface area contributed by atoms with E-state index in [1.54, 1.807) is 12.1 Å². The van der Waals surface area contributed by atoms with Crippen LogP contribution in [0.15, 0.2) is 75.2 Å². The van der Waals surface area contributed by atoms with Crippen LogP contribution in [0, 0.1) is 6.92 Å². The van der Waals surface area contributed by atoms with Crippen molar-refractivity contribution in [3.8, 4) is 0 Å². The first-order chi connectivity index (χ1) is 15.7. The molecule has 0 radical (unpaired) electrons. The van der Waals surface area contributed by atoms with Gasteiger partial charge < -0.3 is 0 Å². The summed E-state index contributed by atoms with van der Waals surface area (Å²) in [4.78, 5) is 39.3. The fraction of sp³-hybridized carbons (Fsp3) is 0.0800. The van der Waals surface area contributed by atoms with Crippen molar-refractivity contribution in [2.45, 2.75) is 13.3 Å². The number of anilines is 1. The number of nitrogens with one attached hydrogen (secondary N) is 1. The quantitative estimate of drug-likeness (QED) is 0.282. The third kappa shape index (κ3) is 4.95. The Kier molecular flexibility index (Phi) is 6.83. The summed E-state index contributed by atoms with van der Waals surface area (Å²) in [6.45, 7) is 1.82. The third-order valence-electron chi connectivity index (χ3n) is 5.26. The van der Waals surface area contributed by atoms with Crippen LogP contribution >= 0.6 is 43.5 Å². The molecule has 1 aliphatic rings. The minimum atomic E-state index is -0.815. The van der Waals surface area contributed by atoms with Gasteiger partial charge in [0, 0.05) is 14.0 Å². The van der Waals surface area contributed by atoms with Gasteiger partial charge in [0.2, 0.25) is 0 Å². The number of halogens is 3. The molecular weight excluding hydrogens is 572 g/mol. The normalized spacial score (nSPS) is 15.2. The summed E-state index contributed by atoms with van der Waals surface area (Å²) in [5, 5.41) is 2.67. The molecule has 1 aliphatic heterocycles. The van der Waals surface area contributed by atoms with Gasteiger partial charge in [-0.05, 0) is 72.0 Å². The fourth-order valence-electron chi connectivity index (χ4n) is 3.48. The smallest absolute Gasteiger partial charge is 0.273 e. The lowest BCUT2D eigenvalue weighted by Crippen LogP contribution is -2.54. The molecule has 1 saturated heterocycles. The number of carbonyl (C=O) groups is 3. The Balaban J connectivity index is 1.76. The zero-order valence-corrected chi connectivity index (χ0v) is 21.3. The van der Waals surface area contributed by atoms with Crippen LogP contribution in [0.4, 0.5) is 10.5 Å². The molecule has 0 unspecified atom stereocenters.